The highest BCUT2D eigenvalue weighted by molar-refractivity contribution is 6.46. The van der Waals surface area contributed by atoms with E-state index in [1.807, 2.05) is 25.1 Å². The third kappa shape index (κ3) is 4.01. The minimum Gasteiger partial charge on any atom is -0.508 e. The number of phenols is 1. The molecule has 7 heteroatoms. The lowest BCUT2D eigenvalue weighted by molar-refractivity contribution is -0.140. The second kappa shape index (κ2) is 8.43. The lowest BCUT2D eigenvalue weighted by atomic mass is 9.94. The van der Waals surface area contributed by atoms with Crippen LogP contribution >= 0.6 is 0 Å². The number of phenolic OH excluding ortho intramolecular Hbond substituents is 1. The number of benzene rings is 2. The lowest BCUT2D eigenvalue weighted by Gasteiger charge is -2.26. The van der Waals surface area contributed by atoms with Gasteiger partial charge >= 0.3 is 0 Å². The van der Waals surface area contributed by atoms with E-state index in [1.54, 1.807) is 24.3 Å². The first kappa shape index (κ1) is 20.9. The molecule has 2 aliphatic rings. The molecule has 0 radical (unpaired) electrons. The molecule has 2 N–H and O–H groups in total. The van der Waals surface area contributed by atoms with Crippen molar-refractivity contribution in [1.82, 2.24) is 9.80 Å². The first-order chi connectivity index (χ1) is 14.9. The highest BCUT2D eigenvalue weighted by Crippen LogP contribution is 2.40. The van der Waals surface area contributed by atoms with Crippen LogP contribution in [-0.4, -0.2) is 65.5 Å². The van der Waals surface area contributed by atoms with Crippen molar-refractivity contribution in [1.29, 1.82) is 0 Å². The smallest absolute Gasteiger partial charge is 0.295 e. The van der Waals surface area contributed by atoms with E-state index in [9.17, 15) is 19.8 Å². The van der Waals surface area contributed by atoms with E-state index in [1.165, 1.54) is 17.0 Å². The Balaban J connectivity index is 1.83. The number of hydrogen-bond acceptors (Lipinski definition) is 6. The summed E-state index contributed by atoms with van der Waals surface area (Å²) in [5, 5.41) is 21.2. The van der Waals surface area contributed by atoms with Gasteiger partial charge in [-0.25, -0.2) is 0 Å². The molecule has 2 heterocycles. The summed E-state index contributed by atoms with van der Waals surface area (Å²) in [6.45, 7) is 1.53. The molecule has 162 valence electrons. The summed E-state index contributed by atoms with van der Waals surface area (Å²) in [6.07, 6.45) is 1.71. The summed E-state index contributed by atoms with van der Waals surface area (Å²) in [7, 11) is 3.77. The van der Waals surface area contributed by atoms with Gasteiger partial charge in [0.2, 0.25) is 0 Å². The van der Waals surface area contributed by atoms with Crippen LogP contribution in [0.4, 0.5) is 0 Å². The minimum atomic E-state index is -0.778. The number of carbonyl (C=O) groups is 2. The van der Waals surface area contributed by atoms with E-state index >= 15 is 0 Å². The zero-order chi connectivity index (χ0) is 22.1. The summed E-state index contributed by atoms with van der Waals surface area (Å²) >= 11 is 0. The maximum atomic E-state index is 13.0. The number of aliphatic hydroxyl groups is 1. The van der Waals surface area contributed by atoms with Crippen LogP contribution in [0.25, 0.3) is 5.76 Å². The normalized spacial score (nSPS) is 20.1. The van der Waals surface area contributed by atoms with Crippen LogP contribution in [0.15, 0.2) is 48.0 Å². The van der Waals surface area contributed by atoms with E-state index < -0.39 is 17.7 Å². The second-order valence-electron chi connectivity index (χ2n) is 8.17. The van der Waals surface area contributed by atoms with E-state index in [2.05, 4.69) is 0 Å². The number of fused-ring (bicyclic) bond motifs is 1. The summed E-state index contributed by atoms with van der Waals surface area (Å²) in [6, 6.07) is 11.0. The van der Waals surface area contributed by atoms with Gasteiger partial charge < -0.3 is 24.7 Å². The second-order valence-corrected chi connectivity index (χ2v) is 8.17. The van der Waals surface area contributed by atoms with Gasteiger partial charge in [0.25, 0.3) is 11.7 Å². The Morgan fingerprint density at radius 3 is 2.74 bits per heavy atom. The maximum Gasteiger partial charge on any atom is 0.295 e. The highest BCUT2D eigenvalue weighted by Gasteiger charge is 2.46. The van der Waals surface area contributed by atoms with Gasteiger partial charge in [0.05, 0.1) is 18.2 Å². The molecule has 1 amide bonds. The number of amides is 1. The Morgan fingerprint density at radius 2 is 2.00 bits per heavy atom. The summed E-state index contributed by atoms with van der Waals surface area (Å²) in [5.41, 5.74) is 2.04. The third-order valence-electron chi connectivity index (χ3n) is 5.70. The Labute approximate surface area is 181 Å². The topological polar surface area (TPSA) is 90.3 Å². The Kier molecular flexibility index (Phi) is 5.69. The molecule has 7 nitrogen and oxygen atoms in total. The van der Waals surface area contributed by atoms with Crippen molar-refractivity contribution in [2.24, 2.45) is 0 Å². The molecule has 4 rings (SSSR count). The van der Waals surface area contributed by atoms with Crippen molar-refractivity contribution in [3.05, 3.63) is 64.7 Å². The SMILES string of the molecule is CN(C)CCN1C(=O)C(=O)/C(=C(\O)c2ccc3c(c2)CCCO3)C1c1cccc(O)c1. The van der Waals surface area contributed by atoms with Crippen molar-refractivity contribution in [2.45, 2.75) is 18.9 Å². The van der Waals surface area contributed by atoms with Gasteiger partial charge in [-0.2, -0.15) is 0 Å². The maximum absolute atomic E-state index is 13.0. The average Bonchev–Trinajstić information content (AvgIpc) is 3.01. The molecule has 0 aliphatic carbocycles. The standard InChI is InChI=1S/C24H26N2O5/c1-25(2)10-11-26-21(16-5-3-7-18(27)14-16)20(23(29)24(26)30)22(28)17-8-9-19-15(13-17)6-4-12-31-19/h3,5,7-9,13-14,21,27-28H,4,6,10-12H2,1-2H3/b22-20-. The number of rotatable bonds is 5. The first-order valence-corrected chi connectivity index (χ1v) is 10.3. The number of aryl methyl sites for hydroxylation is 1. The lowest BCUT2D eigenvalue weighted by Crippen LogP contribution is -2.35. The predicted octanol–water partition coefficient (Wildman–Crippen LogP) is 2.70. The fourth-order valence-corrected chi connectivity index (χ4v) is 4.12. The highest BCUT2D eigenvalue weighted by atomic mass is 16.5. The third-order valence-corrected chi connectivity index (χ3v) is 5.70. The fourth-order valence-electron chi connectivity index (χ4n) is 4.12. The Bertz CT molecular complexity index is 1060. The number of likely N-dealkylation sites (tertiary alicyclic amines) is 1. The predicted molar refractivity (Wildman–Crippen MR) is 116 cm³/mol. The monoisotopic (exact) mass is 422 g/mol. The number of ketones is 1. The molecule has 2 aromatic rings. The molecule has 0 saturated carbocycles. The number of hydrogen-bond donors (Lipinski definition) is 2. The van der Waals surface area contributed by atoms with Gasteiger partial charge in [0, 0.05) is 18.7 Å². The number of Topliss-reactive ketones (excluding diaryl/α,β-unsaturated/α-hetero) is 1. The molecule has 2 aliphatic heterocycles. The van der Waals surface area contributed by atoms with Gasteiger partial charge in [0.1, 0.15) is 17.3 Å². The van der Waals surface area contributed by atoms with Crippen LogP contribution in [0.5, 0.6) is 11.5 Å². The molecular formula is C24H26N2O5. The molecule has 1 atom stereocenters. The van der Waals surface area contributed by atoms with E-state index in [-0.39, 0.29) is 17.1 Å². The summed E-state index contributed by atoms with van der Waals surface area (Å²) in [5.74, 6) is -0.788. The van der Waals surface area contributed by atoms with Gasteiger partial charge in [-0.1, -0.05) is 12.1 Å². The van der Waals surface area contributed by atoms with Crippen LogP contribution in [0.1, 0.15) is 29.2 Å². The van der Waals surface area contributed by atoms with Crippen LogP contribution in [0.2, 0.25) is 0 Å². The first-order valence-electron chi connectivity index (χ1n) is 10.3. The Morgan fingerprint density at radius 1 is 1.19 bits per heavy atom. The zero-order valence-electron chi connectivity index (χ0n) is 17.7. The van der Waals surface area contributed by atoms with Crippen molar-refractivity contribution in [2.75, 3.05) is 33.8 Å². The molecule has 1 unspecified atom stereocenters. The molecule has 31 heavy (non-hydrogen) atoms. The number of likely N-dealkylation sites (N-methyl/N-ethyl adjacent to an activating group) is 1. The number of aromatic hydroxyl groups is 1. The number of nitrogens with zero attached hydrogens (tertiary/aromatic N) is 2. The van der Waals surface area contributed by atoms with Gasteiger partial charge in [0.15, 0.2) is 0 Å². The minimum absolute atomic E-state index is 0.0293. The number of carbonyl (C=O) groups excluding carboxylic acids is 2. The molecule has 1 fully saturated rings. The van der Waals surface area contributed by atoms with Crippen LogP contribution < -0.4 is 4.74 Å². The van der Waals surface area contributed by atoms with Crippen LogP contribution in [0.3, 0.4) is 0 Å². The quantitative estimate of drug-likeness (QED) is 0.438. The van der Waals surface area contributed by atoms with Crippen LogP contribution in [-0.2, 0) is 16.0 Å². The molecular weight excluding hydrogens is 396 g/mol. The Hall–Kier alpha value is -3.32. The van der Waals surface area contributed by atoms with Crippen molar-refractivity contribution < 1.29 is 24.5 Å². The zero-order valence-corrected chi connectivity index (χ0v) is 17.7. The average molecular weight is 422 g/mol. The molecule has 0 spiro atoms. The van der Waals surface area contributed by atoms with Gasteiger partial charge in [-0.05, 0) is 68.4 Å². The summed E-state index contributed by atoms with van der Waals surface area (Å²) in [4.78, 5) is 29.3. The van der Waals surface area contributed by atoms with Gasteiger partial charge in [-0.15, -0.1) is 0 Å². The molecule has 0 bridgehead atoms. The van der Waals surface area contributed by atoms with Crippen molar-refractivity contribution in [3.8, 4) is 11.5 Å². The van der Waals surface area contributed by atoms with E-state index in [0.717, 1.165) is 24.2 Å². The molecule has 0 aromatic heterocycles. The van der Waals surface area contributed by atoms with Gasteiger partial charge in [-0.3, -0.25) is 9.59 Å². The van der Waals surface area contributed by atoms with Crippen molar-refractivity contribution >= 4 is 17.4 Å². The van der Waals surface area contributed by atoms with E-state index in [0.29, 0.717) is 30.8 Å². The number of ether oxygens (including phenoxy) is 1. The van der Waals surface area contributed by atoms with E-state index in [4.69, 9.17) is 4.74 Å². The fraction of sp³-hybridized carbons (Fsp3) is 0.333. The number of aliphatic hydroxyl groups excluding tert-OH is 1. The van der Waals surface area contributed by atoms with Crippen molar-refractivity contribution in [3.63, 3.8) is 0 Å². The largest absolute Gasteiger partial charge is 0.508 e. The summed E-state index contributed by atoms with van der Waals surface area (Å²) < 4.78 is 5.64. The molecule has 2 aromatic carbocycles. The molecule has 1 saturated heterocycles. The van der Waals surface area contributed by atoms with Crippen LogP contribution in [0, 0.1) is 0 Å².